The molecule has 0 radical (unpaired) electrons. The molecule has 0 bridgehead atoms. The van der Waals surface area contributed by atoms with Gasteiger partial charge in [-0.1, -0.05) is 39.3 Å². The lowest BCUT2D eigenvalue weighted by Gasteiger charge is -2.40. The van der Waals surface area contributed by atoms with Crippen LogP contribution in [0, 0.1) is 5.92 Å². The standard InChI is InChI=1S/C17H29N3/c1-5-14(3)15(18-6-2)13-20-12-11-19(4)16-9-7-8-10-17(16)20/h7-10,14-15,18H,5-6,11-13H2,1-4H3. The van der Waals surface area contributed by atoms with Crippen LogP contribution < -0.4 is 15.1 Å². The molecule has 2 atom stereocenters. The first-order chi connectivity index (χ1) is 9.67. The number of benzene rings is 1. The summed E-state index contributed by atoms with van der Waals surface area (Å²) in [5.41, 5.74) is 2.74. The van der Waals surface area contributed by atoms with Crippen molar-refractivity contribution in [2.45, 2.75) is 33.2 Å². The molecule has 0 fully saturated rings. The minimum Gasteiger partial charge on any atom is -0.371 e. The van der Waals surface area contributed by atoms with Crippen LogP contribution in [0.1, 0.15) is 27.2 Å². The second-order valence-electron chi connectivity index (χ2n) is 5.91. The van der Waals surface area contributed by atoms with Gasteiger partial charge in [-0.3, -0.25) is 0 Å². The van der Waals surface area contributed by atoms with Crippen molar-refractivity contribution in [1.82, 2.24) is 5.32 Å². The first-order valence-electron chi connectivity index (χ1n) is 7.95. The molecular formula is C17H29N3. The third-order valence-electron chi connectivity index (χ3n) is 4.55. The van der Waals surface area contributed by atoms with Crippen LogP contribution in [0.2, 0.25) is 0 Å². The predicted molar refractivity (Wildman–Crippen MR) is 88.8 cm³/mol. The first-order valence-corrected chi connectivity index (χ1v) is 7.95. The van der Waals surface area contributed by atoms with Crippen LogP contribution in [0.5, 0.6) is 0 Å². The zero-order valence-corrected chi connectivity index (χ0v) is 13.4. The molecule has 0 aromatic heterocycles. The zero-order valence-electron chi connectivity index (χ0n) is 13.4. The van der Waals surface area contributed by atoms with Gasteiger partial charge in [-0.2, -0.15) is 0 Å². The SMILES string of the molecule is CCNC(CN1CCN(C)c2ccccc21)C(C)CC. The lowest BCUT2D eigenvalue weighted by Crippen LogP contribution is -2.48. The molecule has 1 heterocycles. The van der Waals surface area contributed by atoms with Crippen molar-refractivity contribution in [3.05, 3.63) is 24.3 Å². The molecule has 1 aromatic rings. The highest BCUT2D eigenvalue weighted by atomic mass is 15.3. The summed E-state index contributed by atoms with van der Waals surface area (Å²) in [7, 11) is 2.19. The van der Waals surface area contributed by atoms with Crippen LogP contribution in [-0.4, -0.2) is 39.3 Å². The number of para-hydroxylation sites is 2. The van der Waals surface area contributed by atoms with Crippen molar-refractivity contribution >= 4 is 11.4 Å². The number of fused-ring (bicyclic) bond motifs is 1. The summed E-state index contributed by atoms with van der Waals surface area (Å²) in [6.07, 6.45) is 1.23. The van der Waals surface area contributed by atoms with Gasteiger partial charge in [0.1, 0.15) is 0 Å². The molecule has 0 saturated heterocycles. The highest BCUT2D eigenvalue weighted by molar-refractivity contribution is 5.73. The minimum absolute atomic E-state index is 0.571. The second-order valence-corrected chi connectivity index (χ2v) is 5.91. The molecular weight excluding hydrogens is 246 g/mol. The Bertz CT molecular complexity index is 418. The monoisotopic (exact) mass is 275 g/mol. The Morgan fingerprint density at radius 1 is 1.15 bits per heavy atom. The van der Waals surface area contributed by atoms with Crippen molar-refractivity contribution in [3.8, 4) is 0 Å². The van der Waals surface area contributed by atoms with Gasteiger partial charge in [0.25, 0.3) is 0 Å². The molecule has 0 saturated carbocycles. The van der Waals surface area contributed by atoms with Gasteiger partial charge in [-0.25, -0.2) is 0 Å². The van der Waals surface area contributed by atoms with Crippen LogP contribution in [-0.2, 0) is 0 Å². The van der Waals surface area contributed by atoms with Gasteiger partial charge in [0.2, 0.25) is 0 Å². The zero-order chi connectivity index (χ0) is 14.5. The van der Waals surface area contributed by atoms with Crippen LogP contribution in [0.4, 0.5) is 11.4 Å². The number of rotatable bonds is 6. The van der Waals surface area contributed by atoms with Gasteiger partial charge in [-0.15, -0.1) is 0 Å². The van der Waals surface area contributed by atoms with Crippen molar-refractivity contribution in [2.24, 2.45) is 5.92 Å². The average Bonchev–Trinajstić information content (AvgIpc) is 2.49. The molecule has 1 aliphatic rings. The Balaban J connectivity index is 2.15. The highest BCUT2D eigenvalue weighted by Crippen LogP contribution is 2.32. The van der Waals surface area contributed by atoms with E-state index in [0.717, 1.165) is 26.2 Å². The summed E-state index contributed by atoms with van der Waals surface area (Å²) in [4.78, 5) is 4.91. The Morgan fingerprint density at radius 2 is 1.85 bits per heavy atom. The van der Waals surface area contributed by atoms with Gasteiger partial charge in [-0.05, 0) is 24.6 Å². The molecule has 0 aliphatic carbocycles. The molecule has 3 heteroatoms. The third-order valence-corrected chi connectivity index (χ3v) is 4.55. The molecule has 1 aromatic carbocycles. The number of nitrogens with one attached hydrogen (secondary N) is 1. The molecule has 1 N–H and O–H groups in total. The normalized spacial score (nSPS) is 17.8. The van der Waals surface area contributed by atoms with Crippen LogP contribution in [0.15, 0.2) is 24.3 Å². The maximum Gasteiger partial charge on any atom is 0.0605 e. The first kappa shape index (κ1) is 15.2. The summed E-state index contributed by atoms with van der Waals surface area (Å²) in [5, 5.41) is 3.67. The molecule has 2 rings (SSSR count). The number of anilines is 2. The molecule has 3 nitrogen and oxygen atoms in total. The molecule has 112 valence electrons. The Labute approximate surface area is 124 Å². The fourth-order valence-electron chi connectivity index (χ4n) is 2.99. The predicted octanol–water partition coefficient (Wildman–Crippen LogP) is 2.97. The largest absolute Gasteiger partial charge is 0.371 e. The highest BCUT2D eigenvalue weighted by Gasteiger charge is 2.24. The fraction of sp³-hybridized carbons (Fsp3) is 0.647. The van der Waals surface area contributed by atoms with Gasteiger partial charge in [0, 0.05) is 32.7 Å². The topological polar surface area (TPSA) is 18.5 Å². The lowest BCUT2D eigenvalue weighted by molar-refractivity contribution is 0.371. The summed E-state index contributed by atoms with van der Waals surface area (Å²) in [6.45, 7) is 11.2. The quantitative estimate of drug-likeness (QED) is 0.861. The molecule has 0 amide bonds. The number of hydrogen-bond acceptors (Lipinski definition) is 3. The summed E-state index contributed by atoms with van der Waals surface area (Å²) >= 11 is 0. The van der Waals surface area contributed by atoms with Crippen molar-refractivity contribution in [3.63, 3.8) is 0 Å². The smallest absolute Gasteiger partial charge is 0.0605 e. The Morgan fingerprint density at radius 3 is 2.50 bits per heavy atom. The van der Waals surface area contributed by atoms with Crippen molar-refractivity contribution < 1.29 is 0 Å². The van der Waals surface area contributed by atoms with E-state index in [1.165, 1.54) is 17.8 Å². The van der Waals surface area contributed by atoms with Crippen molar-refractivity contribution in [1.29, 1.82) is 0 Å². The average molecular weight is 275 g/mol. The summed E-state index contributed by atoms with van der Waals surface area (Å²) in [5.74, 6) is 0.710. The maximum absolute atomic E-state index is 3.67. The maximum atomic E-state index is 3.67. The fourth-order valence-corrected chi connectivity index (χ4v) is 2.99. The van der Waals surface area contributed by atoms with Gasteiger partial charge >= 0.3 is 0 Å². The van der Waals surface area contributed by atoms with E-state index in [-0.39, 0.29) is 0 Å². The van der Waals surface area contributed by atoms with E-state index in [0.29, 0.717) is 12.0 Å². The van der Waals surface area contributed by atoms with Gasteiger partial charge in [0.15, 0.2) is 0 Å². The number of hydrogen-bond donors (Lipinski definition) is 1. The van der Waals surface area contributed by atoms with Gasteiger partial charge in [0.05, 0.1) is 11.4 Å². The summed E-state index contributed by atoms with van der Waals surface area (Å²) in [6, 6.07) is 9.34. The Hall–Kier alpha value is -1.22. The number of likely N-dealkylation sites (N-methyl/N-ethyl adjacent to an activating group) is 2. The van der Waals surface area contributed by atoms with E-state index in [1.54, 1.807) is 0 Å². The minimum atomic E-state index is 0.571. The van der Waals surface area contributed by atoms with Gasteiger partial charge < -0.3 is 15.1 Å². The van der Waals surface area contributed by atoms with E-state index in [4.69, 9.17) is 0 Å². The van der Waals surface area contributed by atoms with E-state index >= 15 is 0 Å². The molecule has 20 heavy (non-hydrogen) atoms. The molecule has 0 spiro atoms. The second kappa shape index (κ2) is 6.98. The molecule has 1 aliphatic heterocycles. The lowest BCUT2D eigenvalue weighted by atomic mass is 9.98. The van der Waals surface area contributed by atoms with Crippen LogP contribution in [0.25, 0.3) is 0 Å². The Kier molecular flexibility index (Phi) is 5.30. The van der Waals surface area contributed by atoms with Crippen molar-refractivity contribution in [2.75, 3.05) is 43.0 Å². The van der Waals surface area contributed by atoms with E-state index < -0.39 is 0 Å². The molecule has 2 unspecified atom stereocenters. The van der Waals surface area contributed by atoms with Crippen LogP contribution >= 0.6 is 0 Å². The third kappa shape index (κ3) is 3.26. The summed E-state index contributed by atoms with van der Waals surface area (Å²) < 4.78 is 0. The van der Waals surface area contributed by atoms with E-state index in [1.807, 2.05) is 0 Å². The van der Waals surface area contributed by atoms with E-state index in [2.05, 4.69) is 67.2 Å². The van der Waals surface area contributed by atoms with E-state index in [9.17, 15) is 0 Å². The number of nitrogens with zero attached hydrogens (tertiary/aromatic N) is 2. The van der Waals surface area contributed by atoms with Crippen LogP contribution in [0.3, 0.4) is 0 Å².